The summed E-state index contributed by atoms with van der Waals surface area (Å²) in [5.41, 5.74) is 0.629. The predicted octanol–water partition coefficient (Wildman–Crippen LogP) is 3.39. The van der Waals surface area contributed by atoms with Gasteiger partial charge in [0.1, 0.15) is 4.83 Å². The summed E-state index contributed by atoms with van der Waals surface area (Å²) >= 11 is 1.29. The standard InChI is InChI=1S/C17H25N3O2S/c1-5-6-7-8-9-11(2)19-15(21)14-12(3)13-16(23-14)18-10-20(4)17(13)22/h10-11H,5-9H2,1-4H3,(H,19,21). The van der Waals surface area contributed by atoms with Crippen LogP contribution in [0.4, 0.5) is 0 Å². The fraction of sp³-hybridized carbons (Fsp3) is 0.588. The highest BCUT2D eigenvalue weighted by atomic mass is 32.1. The molecular formula is C17H25N3O2S. The topological polar surface area (TPSA) is 64.0 Å². The molecule has 1 N–H and O–H groups in total. The number of hydrogen-bond donors (Lipinski definition) is 1. The van der Waals surface area contributed by atoms with Gasteiger partial charge in [-0.25, -0.2) is 4.98 Å². The van der Waals surface area contributed by atoms with E-state index in [9.17, 15) is 9.59 Å². The van der Waals surface area contributed by atoms with E-state index < -0.39 is 0 Å². The number of thiophene rings is 1. The number of rotatable bonds is 7. The van der Waals surface area contributed by atoms with Crippen LogP contribution in [0.1, 0.15) is 61.2 Å². The zero-order chi connectivity index (χ0) is 17.0. The van der Waals surface area contributed by atoms with Crippen LogP contribution >= 0.6 is 11.3 Å². The minimum absolute atomic E-state index is 0.101. The normalized spacial score (nSPS) is 12.5. The molecule has 0 aromatic carbocycles. The van der Waals surface area contributed by atoms with Crippen molar-refractivity contribution in [2.45, 2.75) is 58.9 Å². The van der Waals surface area contributed by atoms with Gasteiger partial charge in [0.25, 0.3) is 11.5 Å². The summed E-state index contributed by atoms with van der Waals surface area (Å²) in [5, 5.41) is 3.60. The Labute approximate surface area is 140 Å². The van der Waals surface area contributed by atoms with Crippen molar-refractivity contribution in [2.24, 2.45) is 7.05 Å². The number of fused-ring (bicyclic) bond motifs is 1. The van der Waals surface area contributed by atoms with Crippen molar-refractivity contribution in [2.75, 3.05) is 0 Å². The van der Waals surface area contributed by atoms with Crippen LogP contribution in [-0.4, -0.2) is 21.5 Å². The maximum Gasteiger partial charge on any atom is 0.262 e. The van der Waals surface area contributed by atoms with Crippen molar-refractivity contribution < 1.29 is 4.79 Å². The molecule has 2 aromatic heterocycles. The van der Waals surface area contributed by atoms with E-state index in [-0.39, 0.29) is 17.5 Å². The Bertz CT molecular complexity index is 748. The van der Waals surface area contributed by atoms with E-state index >= 15 is 0 Å². The minimum atomic E-state index is -0.101. The zero-order valence-electron chi connectivity index (χ0n) is 14.3. The summed E-state index contributed by atoms with van der Waals surface area (Å²) < 4.78 is 1.44. The molecule has 0 saturated heterocycles. The number of carbonyl (C=O) groups excluding carboxylic acids is 1. The number of hydrogen-bond acceptors (Lipinski definition) is 4. The van der Waals surface area contributed by atoms with Crippen LogP contribution in [0.5, 0.6) is 0 Å². The molecule has 0 radical (unpaired) electrons. The smallest absolute Gasteiger partial charge is 0.262 e. The maximum absolute atomic E-state index is 12.5. The molecule has 2 heterocycles. The molecule has 1 unspecified atom stereocenters. The van der Waals surface area contributed by atoms with Gasteiger partial charge in [0.05, 0.1) is 16.6 Å². The van der Waals surface area contributed by atoms with Crippen molar-refractivity contribution in [3.05, 3.63) is 27.1 Å². The number of carbonyl (C=O) groups is 1. The van der Waals surface area contributed by atoms with Crippen molar-refractivity contribution in [1.29, 1.82) is 0 Å². The van der Waals surface area contributed by atoms with Crippen LogP contribution in [0.2, 0.25) is 0 Å². The fourth-order valence-corrected chi connectivity index (χ4v) is 3.71. The van der Waals surface area contributed by atoms with E-state index in [1.165, 1.54) is 41.5 Å². The van der Waals surface area contributed by atoms with Gasteiger partial charge in [-0.15, -0.1) is 11.3 Å². The molecule has 6 heteroatoms. The van der Waals surface area contributed by atoms with Crippen molar-refractivity contribution in [1.82, 2.24) is 14.9 Å². The molecule has 0 bridgehead atoms. The first kappa shape index (κ1) is 17.7. The molecule has 0 spiro atoms. The number of nitrogens with one attached hydrogen (secondary N) is 1. The van der Waals surface area contributed by atoms with E-state index in [0.717, 1.165) is 18.4 Å². The van der Waals surface area contributed by atoms with Crippen LogP contribution in [0.25, 0.3) is 10.2 Å². The Balaban J connectivity index is 2.11. The number of amides is 1. The van der Waals surface area contributed by atoms with Gasteiger partial charge in [0, 0.05) is 13.1 Å². The monoisotopic (exact) mass is 335 g/mol. The van der Waals surface area contributed by atoms with Gasteiger partial charge < -0.3 is 9.88 Å². The second-order valence-electron chi connectivity index (χ2n) is 6.12. The van der Waals surface area contributed by atoms with E-state index in [4.69, 9.17) is 0 Å². The number of unbranched alkanes of at least 4 members (excludes halogenated alkanes) is 3. The quantitative estimate of drug-likeness (QED) is 0.789. The lowest BCUT2D eigenvalue weighted by atomic mass is 10.1. The Morgan fingerprint density at radius 2 is 2.13 bits per heavy atom. The molecule has 126 valence electrons. The van der Waals surface area contributed by atoms with E-state index in [1.807, 2.05) is 13.8 Å². The van der Waals surface area contributed by atoms with Gasteiger partial charge in [0.15, 0.2) is 0 Å². The van der Waals surface area contributed by atoms with Crippen LogP contribution in [0, 0.1) is 6.92 Å². The Kier molecular flexibility index (Phi) is 5.93. The summed E-state index contributed by atoms with van der Waals surface area (Å²) in [5.74, 6) is -0.101. The maximum atomic E-state index is 12.5. The minimum Gasteiger partial charge on any atom is -0.349 e. The average Bonchev–Trinajstić information content (AvgIpc) is 2.85. The summed E-state index contributed by atoms with van der Waals surface area (Å²) in [6, 6.07) is 0.139. The molecular weight excluding hydrogens is 310 g/mol. The lowest BCUT2D eigenvalue weighted by Gasteiger charge is -2.13. The van der Waals surface area contributed by atoms with Gasteiger partial charge in [0.2, 0.25) is 0 Å². The second-order valence-corrected chi connectivity index (χ2v) is 7.12. The molecule has 2 aromatic rings. The average molecular weight is 335 g/mol. The van der Waals surface area contributed by atoms with Crippen molar-refractivity contribution >= 4 is 27.5 Å². The first-order valence-electron chi connectivity index (χ1n) is 8.21. The molecule has 5 nitrogen and oxygen atoms in total. The van der Waals surface area contributed by atoms with Crippen LogP contribution in [-0.2, 0) is 7.05 Å². The van der Waals surface area contributed by atoms with Gasteiger partial charge in [-0.05, 0) is 25.8 Å². The third kappa shape index (κ3) is 3.99. The number of aryl methyl sites for hydroxylation is 2. The summed E-state index contributed by atoms with van der Waals surface area (Å²) in [7, 11) is 1.67. The largest absolute Gasteiger partial charge is 0.349 e. The summed E-state index contributed by atoms with van der Waals surface area (Å²) in [4.78, 5) is 30.2. The Morgan fingerprint density at radius 3 is 2.83 bits per heavy atom. The second kappa shape index (κ2) is 7.73. The lowest BCUT2D eigenvalue weighted by molar-refractivity contribution is 0.0941. The third-order valence-corrected chi connectivity index (χ3v) is 5.28. The first-order valence-corrected chi connectivity index (χ1v) is 9.03. The number of nitrogens with zero attached hydrogens (tertiary/aromatic N) is 2. The molecule has 0 fully saturated rings. The lowest BCUT2D eigenvalue weighted by Crippen LogP contribution is -2.32. The van der Waals surface area contributed by atoms with Crippen molar-refractivity contribution in [3.63, 3.8) is 0 Å². The highest BCUT2D eigenvalue weighted by Crippen LogP contribution is 2.26. The van der Waals surface area contributed by atoms with E-state index in [0.29, 0.717) is 15.1 Å². The third-order valence-electron chi connectivity index (χ3n) is 4.09. The SMILES string of the molecule is CCCCCCC(C)NC(=O)c1sc2ncn(C)c(=O)c2c1C. The van der Waals surface area contributed by atoms with Gasteiger partial charge >= 0.3 is 0 Å². The molecule has 2 rings (SSSR count). The molecule has 0 aliphatic heterocycles. The number of aromatic nitrogens is 2. The molecule has 0 aliphatic carbocycles. The van der Waals surface area contributed by atoms with Crippen molar-refractivity contribution in [3.8, 4) is 0 Å². The van der Waals surface area contributed by atoms with Crippen LogP contribution in [0.3, 0.4) is 0 Å². The van der Waals surface area contributed by atoms with E-state index in [2.05, 4.69) is 17.2 Å². The predicted molar refractivity (Wildman–Crippen MR) is 95.3 cm³/mol. The van der Waals surface area contributed by atoms with Gasteiger partial charge in [-0.3, -0.25) is 9.59 Å². The molecule has 1 atom stereocenters. The first-order chi connectivity index (χ1) is 11.0. The molecule has 23 heavy (non-hydrogen) atoms. The Hall–Kier alpha value is -1.69. The zero-order valence-corrected chi connectivity index (χ0v) is 15.1. The highest BCUT2D eigenvalue weighted by Gasteiger charge is 2.19. The summed E-state index contributed by atoms with van der Waals surface area (Å²) in [6.07, 6.45) is 7.27. The molecule has 0 aliphatic rings. The molecule has 1 amide bonds. The molecule has 0 saturated carbocycles. The van der Waals surface area contributed by atoms with E-state index in [1.54, 1.807) is 7.05 Å². The fourth-order valence-electron chi connectivity index (χ4n) is 2.66. The van der Waals surface area contributed by atoms with Gasteiger partial charge in [-0.2, -0.15) is 0 Å². The van der Waals surface area contributed by atoms with Gasteiger partial charge in [-0.1, -0.05) is 32.6 Å². The van der Waals surface area contributed by atoms with Crippen LogP contribution < -0.4 is 10.9 Å². The highest BCUT2D eigenvalue weighted by molar-refractivity contribution is 7.20. The summed E-state index contributed by atoms with van der Waals surface area (Å²) in [6.45, 7) is 6.04. The Morgan fingerprint density at radius 1 is 1.39 bits per heavy atom. The van der Waals surface area contributed by atoms with Crippen LogP contribution in [0.15, 0.2) is 11.1 Å².